The Morgan fingerprint density at radius 2 is 1.68 bits per heavy atom. The lowest BCUT2D eigenvalue weighted by molar-refractivity contribution is -0.129. The summed E-state index contributed by atoms with van der Waals surface area (Å²) in [5.74, 6) is 0.406. The van der Waals surface area contributed by atoms with Gasteiger partial charge in [0.2, 0.25) is 5.91 Å². The van der Waals surface area contributed by atoms with E-state index in [0.717, 1.165) is 11.3 Å². The molecule has 0 fully saturated rings. The van der Waals surface area contributed by atoms with Crippen molar-refractivity contribution in [1.82, 2.24) is 5.01 Å². The van der Waals surface area contributed by atoms with E-state index in [-0.39, 0.29) is 5.91 Å². The largest absolute Gasteiger partial charge is 0.273 e. The molecule has 0 aromatic heterocycles. The molecule has 0 saturated heterocycles. The Hall–Kier alpha value is -2.14. The SMILES string of the molecule is CC(=O)N(CCc1ccccc1)/N=N\CSc1ccccc1. The Labute approximate surface area is 135 Å². The van der Waals surface area contributed by atoms with Gasteiger partial charge in [0.25, 0.3) is 0 Å². The molecule has 0 aliphatic heterocycles. The van der Waals surface area contributed by atoms with Gasteiger partial charge in [-0.1, -0.05) is 53.8 Å². The molecular weight excluding hydrogens is 294 g/mol. The summed E-state index contributed by atoms with van der Waals surface area (Å²) in [5, 5.41) is 9.55. The predicted molar refractivity (Wildman–Crippen MR) is 89.6 cm³/mol. The molecule has 114 valence electrons. The van der Waals surface area contributed by atoms with Gasteiger partial charge in [-0.3, -0.25) is 4.79 Å². The number of thioether (sulfide) groups is 1. The third-order valence-corrected chi connectivity index (χ3v) is 3.87. The summed E-state index contributed by atoms with van der Waals surface area (Å²) >= 11 is 1.59. The van der Waals surface area contributed by atoms with E-state index in [1.807, 2.05) is 60.7 Å². The standard InChI is InChI=1S/C17H19N3OS/c1-15(21)20(13-12-16-8-4-2-5-9-16)19-18-14-22-17-10-6-3-7-11-17/h2-11H,12-14H2,1H3/b19-18-. The number of hydrogen-bond donors (Lipinski definition) is 0. The predicted octanol–water partition coefficient (Wildman–Crippen LogP) is 4.19. The molecule has 0 saturated carbocycles. The topological polar surface area (TPSA) is 45.0 Å². The van der Waals surface area contributed by atoms with Gasteiger partial charge in [0.05, 0.1) is 6.54 Å². The van der Waals surface area contributed by atoms with Crippen LogP contribution in [0.3, 0.4) is 0 Å². The highest BCUT2D eigenvalue weighted by Gasteiger charge is 2.07. The molecule has 0 radical (unpaired) electrons. The van der Waals surface area contributed by atoms with Gasteiger partial charge in [-0.25, -0.2) is 5.01 Å². The molecule has 0 bridgehead atoms. The Morgan fingerprint density at radius 1 is 1.05 bits per heavy atom. The van der Waals surface area contributed by atoms with Crippen molar-refractivity contribution in [2.75, 3.05) is 12.4 Å². The van der Waals surface area contributed by atoms with Crippen LogP contribution in [0.25, 0.3) is 0 Å². The van der Waals surface area contributed by atoms with E-state index in [1.54, 1.807) is 11.8 Å². The minimum atomic E-state index is -0.0932. The molecule has 2 aromatic carbocycles. The van der Waals surface area contributed by atoms with Crippen LogP contribution in [-0.4, -0.2) is 23.3 Å². The molecule has 0 aliphatic carbocycles. The molecule has 2 aromatic rings. The second-order valence-corrected chi connectivity index (χ2v) is 5.71. The van der Waals surface area contributed by atoms with Crippen LogP contribution in [0.15, 0.2) is 75.9 Å². The van der Waals surface area contributed by atoms with E-state index in [2.05, 4.69) is 10.3 Å². The maximum absolute atomic E-state index is 11.6. The van der Waals surface area contributed by atoms with Crippen LogP contribution in [-0.2, 0) is 11.2 Å². The highest BCUT2D eigenvalue weighted by atomic mass is 32.2. The fourth-order valence-corrected chi connectivity index (χ4v) is 2.48. The molecule has 0 unspecified atom stereocenters. The maximum Gasteiger partial charge on any atom is 0.240 e. The average Bonchev–Trinajstić information content (AvgIpc) is 2.55. The fraction of sp³-hybridized carbons (Fsp3) is 0.235. The third-order valence-electron chi connectivity index (χ3n) is 3.02. The molecule has 0 atom stereocenters. The lowest BCUT2D eigenvalue weighted by Crippen LogP contribution is -2.25. The first-order valence-corrected chi connectivity index (χ1v) is 8.11. The molecular formula is C17H19N3OS. The summed E-state index contributed by atoms with van der Waals surface area (Å²) in [7, 11) is 0. The smallest absolute Gasteiger partial charge is 0.240 e. The molecule has 0 spiro atoms. The van der Waals surface area contributed by atoms with E-state index in [1.165, 1.54) is 17.5 Å². The van der Waals surface area contributed by atoms with Gasteiger partial charge in [-0.2, -0.15) is 5.11 Å². The summed E-state index contributed by atoms with van der Waals surface area (Å²) < 4.78 is 0. The maximum atomic E-state index is 11.6. The average molecular weight is 313 g/mol. The van der Waals surface area contributed by atoms with Crippen LogP contribution in [0.1, 0.15) is 12.5 Å². The Bertz CT molecular complexity index is 602. The molecule has 4 nitrogen and oxygen atoms in total. The molecule has 0 aliphatic rings. The number of hydrogen-bond acceptors (Lipinski definition) is 4. The van der Waals surface area contributed by atoms with Crippen LogP contribution in [0.2, 0.25) is 0 Å². The van der Waals surface area contributed by atoms with Gasteiger partial charge < -0.3 is 0 Å². The zero-order chi connectivity index (χ0) is 15.6. The highest BCUT2D eigenvalue weighted by Crippen LogP contribution is 2.17. The third kappa shape index (κ3) is 5.69. The fourth-order valence-electron chi connectivity index (χ4n) is 1.87. The number of carbonyl (C=O) groups excluding carboxylic acids is 1. The van der Waals surface area contributed by atoms with Crippen LogP contribution in [0.5, 0.6) is 0 Å². The van der Waals surface area contributed by atoms with Crippen molar-refractivity contribution < 1.29 is 4.79 Å². The Balaban J connectivity index is 1.81. The lowest BCUT2D eigenvalue weighted by atomic mass is 10.1. The normalized spacial score (nSPS) is 10.8. The summed E-state index contributed by atoms with van der Waals surface area (Å²) in [6, 6.07) is 20.1. The number of benzene rings is 2. The Kier molecular flexibility index (Phi) is 6.64. The van der Waals surface area contributed by atoms with Crippen molar-refractivity contribution in [2.24, 2.45) is 10.3 Å². The van der Waals surface area contributed by atoms with Gasteiger partial charge in [-0.05, 0) is 24.1 Å². The molecule has 1 amide bonds. The monoisotopic (exact) mass is 313 g/mol. The molecule has 22 heavy (non-hydrogen) atoms. The number of carbonyl (C=O) groups is 1. The van der Waals surface area contributed by atoms with Crippen molar-refractivity contribution in [1.29, 1.82) is 0 Å². The second kappa shape index (κ2) is 9.00. The first-order chi connectivity index (χ1) is 10.8. The summed E-state index contributed by atoms with van der Waals surface area (Å²) in [6.07, 6.45) is 0.769. The van der Waals surface area contributed by atoms with Crippen molar-refractivity contribution in [3.8, 4) is 0 Å². The highest BCUT2D eigenvalue weighted by molar-refractivity contribution is 7.99. The summed E-state index contributed by atoms with van der Waals surface area (Å²) in [4.78, 5) is 12.7. The minimum absolute atomic E-state index is 0.0932. The minimum Gasteiger partial charge on any atom is -0.273 e. The zero-order valence-corrected chi connectivity index (χ0v) is 13.4. The first-order valence-electron chi connectivity index (χ1n) is 7.13. The van der Waals surface area contributed by atoms with Crippen LogP contribution < -0.4 is 0 Å². The quantitative estimate of drug-likeness (QED) is 0.437. The molecule has 5 heteroatoms. The zero-order valence-electron chi connectivity index (χ0n) is 12.6. The van der Waals surface area contributed by atoms with Gasteiger partial charge in [0, 0.05) is 11.8 Å². The van der Waals surface area contributed by atoms with Gasteiger partial charge >= 0.3 is 0 Å². The Morgan fingerprint density at radius 3 is 2.32 bits per heavy atom. The van der Waals surface area contributed by atoms with Crippen molar-refractivity contribution in [3.05, 3.63) is 66.2 Å². The second-order valence-electron chi connectivity index (χ2n) is 4.70. The van der Waals surface area contributed by atoms with Crippen LogP contribution in [0.4, 0.5) is 0 Å². The van der Waals surface area contributed by atoms with Crippen LogP contribution in [0, 0.1) is 0 Å². The summed E-state index contributed by atoms with van der Waals surface area (Å²) in [6.45, 7) is 2.05. The van der Waals surface area contributed by atoms with Gasteiger partial charge in [-0.15, -0.1) is 11.8 Å². The van der Waals surface area contributed by atoms with E-state index < -0.39 is 0 Å². The molecule has 0 N–H and O–H groups in total. The van der Waals surface area contributed by atoms with E-state index in [9.17, 15) is 4.79 Å². The molecule has 2 rings (SSSR count). The summed E-state index contributed by atoms with van der Waals surface area (Å²) in [5.41, 5.74) is 1.18. The van der Waals surface area contributed by atoms with E-state index in [0.29, 0.717) is 12.4 Å². The number of rotatable bonds is 7. The van der Waals surface area contributed by atoms with Gasteiger partial charge in [0.1, 0.15) is 5.88 Å². The number of amides is 1. The van der Waals surface area contributed by atoms with Crippen molar-refractivity contribution in [3.63, 3.8) is 0 Å². The van der Waals surface area contributed by atoms with Crippen molar-refractivity contribution >= 4 is 17.7 Å². The first kappa shape index (κ1) is 16.2. The van der Waals surface area contributed by atoms with E-state index >= 15 is 0 Å². The van der Waals surface area contributed by atoms with Gasteiger partial charge in [0.15, 0.2) is 0 Å². The van der Waals surface area contributed by atoms with Crippen molar-refractivity contribution in [2.45, 2.75) is 18.2 Å². The number of nitrogens with zero attached hydrogens (tertiary/aromatic N) is 3. The van der Waals surface area contributed by atoms with E-state index in [4.69, 9.17) is 0 Å². The molecule has 0 heterocycles. The lowest BCUT2D eigenvalue weighted by Gasteiger charge is -2.13. The van der Waals surface area contributed by atoms with Crippen LogP contribution >= 0.6 is 11.8 Å².